The summed E-state index contributed by atoms with van der Waals surface area (Å²) in [6.45, 7) is 3.03. The molecular formula is C10H13NO7. The van der Waals surface area contributed by atoms with Gasteiger partial charge in [0.25, 0.3) is 11.8 Å². The third-order valence-corrected chi connectivity index (χ3v) is 2.06. The van der Waals surface area contributed by atoms with Crippen molar-refractivity contribution >= 4 is 23.9 Å². The van der Waals surface area contributed by atoms with Crippen LogP contribution >= 0.6 is 0 Å². The normalized spacial score (nSPS) is 16.4. The zero-order valence-corrected chi connectivity index (χ0v) is 10.0. The lowest BCUT2D eigenvalue weighted by molar-refractivity contribution is -0.180. The van der Waals surface area contributed by atoms with Gasteiger partial charge in [-0.2, -0.15) is 0 Å². The Hall–Kier alpha value is -2.12. The molecule has 1 saturated heterocycles. The third-order valence-electron chi connectivity index (χ3n) is 2.06. The molecule has 1 fully saturated rings. The minimum Gasteiger partial charge on any atom is -0.463 e. The molecule has 0 aromatic heterocycles. The van der Waals surface area contributed by atoms with Crippen LogP contribution in [0.25, 0.3) is 0 Å². The smallest absolute Gasteiger partial charge is 0.463 e. The summed E-state index contributed by atoms with van der Waals surface area (Å²) in [4.78, 5) is 49.0. The Kier molecular flexibility index (Phi) is 4.64. The van der Waals surface area contributed by atoms with Crippen LogP contribution in [0.3, 0.4) is 0 Å². The maximum absolute atomic E-state index is 11.2. The van der Waals surface area contributed by atoms with Crippen molar-refractivity contribution in [1.29, 1.82) is 0 Å². The van der Waals surface area contributed by atoms with Gasteiger partial charge in [0.15, 0.2) is 6.10 Å². The number of ether oxygens (including phenoxy) is 2. The van der Waals surface area contributed by atoms with Crippen LogP contribution in [0.4, 0.5) is 4.79 Å². The van der Waals surface area contributed by atoms with Crippen molar-refractivity contribution in [1.82, 2.24) is 5.06 Å². The first-order valence-corrected chi connectivity index (χ1v) is 5.36. The fourth-order valence-electron chi connectivity index (χ4n) is 1.21. The lowest BCUT2D eigenvalue weighted by atomic mass is 10.4. The van der Waals surface area contributed by atoms with E-state index in [1.807, 2.05) is 0 Å². The number of carbonyl (C=O) groups excluding carboxylic acids is 4. The van der Waals surface area contributed by atoms with Crippen molar-refractivity contribution in [3.63, 3.8) is 0 Å². The summed E-state index contributed by atoms with van der Waals surface area (Å²) in [6.07, 6.45) is -2.51. The number of nitrogens with zero attached hydrogens (tertiary/aromatic N) is 1. The van der Waals surface area contributed by atoms with Gasteiger partial charge in [0.1, 0.15) is 0 Å². The number of hydrogen-bond donors (Lipinski definition) is 0. The maximum Gasteiger partial charge on any atom is 0.534 e. The molecule has 1 rings (SSSR count). The topological polar surface area (TPSA) is 99.2 Å². The summed E-state index contributed by atoms with van der Waals surface area (Å²) >= 11 is 0. The zero-order chi connectivity index (χ0) is 13.7. The second-order valence-electron chi connectivity index (χ2n) is 3.44. The van der Waals surface area contributed by atoms with Crippen LogP contribution in [0.2, 0.25) is 0 Å². The summed E-state index contributed by atoms with van der Waals surface area (Å²) in [7, 11) is 0. The summed E-state index contributed by atoms with van der Waals surface area (Å²) in [6, 6.07) is 0. The molecule has 1 unspecified atom stereocenters. The Labute approximate surface area is 103 Å². The minimum absolute atomic E-state index is 0.0143. The molecule has 0 bridgehead atoms. The summed E-state index contributed by atoms with van der Waals surface area (Å²) < 4.78 is 9.14. The van der Waals surface area contributed by atoms with E-state index in [-0.39, 0.29) is 19.4 Å². The van der Waals surface area contributed by atoms with Crippen LogP contribution in [-0.2, 0) is 28.7 Å². The van der Waals surface area contributed by atoms with Crippen LogP contribution in [0.1, 0.15) is 26.7 Å². The fourth-order valence-corrected chi connectivity index (χ4v) is 1.21. The van der Waals surface area contributed by atoms with Gasteiger partial charge in [-0.25, -0.2) is 9.59 Å². The molecule has 0 aromatic rings. The standard InChI is InChI=1S/C10H13NO7/c1-3-16-9(14)6(2)17-10(15)18-11-7(12)4-5-8(11)13/h6H,3-5H2,1-2H3. The molecule has 1 atom stereocenters. The monoisotopic (exact) mass is 259 g/mol. The third kappa shape index (κ3) is 3.44. The van der Waals surface area contributed by atoms with Gasteiger partial charge >= 0.3 is 12.1 Å². The van der Waals surface area contributed by atoms with Gasteiger partial charge < -0.3 is 9.47 Å². The van der Waals surface area contributed by atoms with Gasteiger partial charge in [-0.05, 0) is 13.8 Å². The molecule has 0 aromatic carbocycles. The molecule has 0 spiro atoms. The highest BCUT2D eigenvalue weighted by Crippen LogP contribution is 2.13. The zero-order valence-electron chi connectivity index (χ0n) is 10.0. The van der Waals surface area contributed by atoms with E-state index in [1.54, 1.807) is 6.92 Å². The molecule has 18 heavy (non-hydrogen) atoms. The first-order valence-electron chi connectivity index (χ1n) is 5.36. The molecule has 100 valence electrons. The second-order valence-corrected chi connectivity index (χ2v) is 3.44. The first-order chi connectivity index (χ1) is 8.45. The number of rotatable bonds is 4. The number of amides is 2. The van der Waals surface area contributed by atoms with Crippen molar-refractivity contribution in [3.8, 4) is 0 Å². The van der Waals surface area contributed by atoms with E-state index in [0.717, 1.165) is 0 Å². The summed E-state index contributed by atoms with van der Waals surface area (Å²) in [5.74, 6) is -1.99. The van der Waals surface area contributed by atoms with E-state index >= 15 is 0 Å². The van der Waals surface area contributed by atoms with Crippen molar-refractivity contribution < 1.29 is 33.5 Å². The lowest BCUT2D eigenvalue weighted by Crippen LogP contribution is -2.35. The molecule has 1 aliphatic heterocycles. The van der Waals surface area contributed by atoms with E-state index in [2.05, 4.69) is 14.3 Å². The van der Waals surface area contributed by atoms with Crippen molar-refractivity contribution in [3.05, 3.63) is 0 Å². The molecule has 1 heterocycles. The molecule has 8 nitrogen and oxygen atoms in total. The molecule has 2 amide bonds. The molecule has 0 N–H and O–H groups in total. The van der Waals surface area contributed by atoms with Crippen LogP contribution in [-0.4, -0.2) is 41.7 Å². The maximum atomic E-state index is 11.2. The summed E-state index contributed by atoms with van der Waals surface area (Å²) in [5.41, 5.74) is 0. The first kappa shape index (κ1) is 13.9. The van der Waals surface area contributed by atoms with E-state index in [9.17, 15) is 19.2 Å². The lowest BCUT2D eigenvalue weighted by Gasteiger charge is -2.15. The molecular weight excluding hydrogens is 246 g/mol. The molecule has 1 aliphatic rings. The average molecular weight is 259 g/mol. The number of hydroxylamine groups is 2. The Balaban J connectivity index is 2.44. The van der Waals surface area contributed by atoms with E-state index < -0.39 is 30.0 Å². The molecule has 0 aliphatic carbocycles. The van der Waals surface area contributed by atoms with Crippen LogP contribution in [0.15, 0.2) is 0 Å². The quantitative estimate of drug-likeness (QED) is 0.523. The van der Waals surface area contributed by atoms with Gasteiger partial charge in [0.05, 0.1) is 6.61 Å². The van der Waals surface area contributed by atoms with Gasteiger partial charge in [0, 0.05) is 12.8 Å². The SMILES string of the molecule is CCOC(=O)C(C)OC(=O)ON1C(=O)CCC1=O. The average Bonchev–Trinajstić information content (AvgIpc) is 2.61. The highest BCUT2D eigenvalue weighted by Gasteiger charge is 2.34. The Morgan fingerprint density at radius 1 is 1.28 bits per heavy atom. The van der Waals surface area contributed by atoms with Gasteiger partial charge in [-0.1, -0.05) is 5.06 Å². The highest BCUT2D eigenvalue weighted by molar-refractivity contribution is 6.01. The minimum atomic E-state index is -1.31. The van der Waals surface area contributed by atoms with Gasteiger partial charge in [-0.15, -0.1) is 0 Å². The second kappa shape index (κ2) is 5.99. The van der Waals surface area contributed by atoms with Gasteiger partial charge in [-0.3, -0.25) is 14.4 Å². The van der Waals surface area contributed by atoms with Gasteiger partial charge in [0.2, 0.25) is 0 Å². The molecule has 0 radical (unpaired) electrons. The van der Waals surface area contributed by atoms with Crippen LogP contribution in [0, 0.1) is 0 Å². The number of imide groups is 1. The highest BCUT2D eigenvalue weighted by atomic mass is 16.8. The number of hydrogen-bond acceptors (Lipinski definition) is 7. The number of esters is 1. The van der Waals surface area contributed by atoms with Crippen molar-refractivity contribution in [2.75, 3.05) is 6.61 Å². The van der Waals surface area contributed by atoms with E-state index in [0.29, 0.717) is 5.06 Å². The Morgan fingerprint density at radius 2 is 1.83 bits per heavy atom. The molecule has 0 saturated carbocycles. The fraction of sp³-hybridized carbons (Fsp3) is 0.600. The summed E-state index contributed by atoms with van der Waals surface area (Å²) in [5, 5.41) is 0.334. The molecule has 8 heteroatoms. The largest absolute Gasteiger partial charge is 0.534 e. The Bertz CT molecular complexity index is 362. The van der Waals surface area contributed by atoms with Crippen LogP contribution < -0.4 is 0 Å². The predicted octanol–water partition coefficient (Wildman–Crippen LogP) is 0.155. The Morgan fingerprint density at radius 3 is 2.33 bits per heavy atom. The predicted molar refractivity (Wildman–Crippen MR) is 54.7 cm³/mol. The van der Waals surface area contributed by atoms with Crippen molar-refractivity contribution in [2.45, 2.75) is 32.8 Å². The van der Waals surface area contributed by atoms with E-state index in [4.69, 9.17) is 0 Å². The van der Waals surface area contributed by atoms with Crippen LogP contribution in [0.5, 0.6) is 0 Å². The number of carbonyl (C=O) groups is 4. The van der Waals surface area contributed by atoms with E-state index in [1.165, 1.54) is 6.92 Å². The van der Waals surface area contributed by atoms with Crippen molar-refractivity contribution in [2.24, 2.45) is 0 Å².